The molecule has 0 amide bonds. The Morgan fingerprint density at radius 2 is 2.27 bits per heavy atom. The Kier molecular flexibility index (Phi) is 3.29. The number of carbonyl (C=O) groups is 1. The summed E-state index contributed by atoms with van der Waals surface area (Å²) in [5.41, 5.74) is 0. The summed E-state index contributed by atoms with van der Waals surface area (Å²) in [5, 5.41) is 0. The third-order valence-electron chi connectivity index (χ3n) is 3.62. The molecular weight excluding hydrogens is 192 g/mol. The standard InChI is InChI=1S/C12H20O3/c1-3-8(12(13)14-4-2)9-6-5-7-10-11(9)15-10/h8-11H,3-7H2,1-2H3/t8-,9-,10-,11+/m0/s1. The molecule has 15 heavy (non-hydrogen) atoms. The van der Waals surface area contributed by atoms with Crippen molar-refractivity contribution in [2.75, 3.05) is 6.61 Å². The zero-order valence-electron chi connectivity index (χ0n) is 9.57. The van der Waals surface area contributed by atoms with Gasteiger partial charge in [0, 0.05) is 5.92 Å². The maximum absolute atomic E-state index is 11.8. The molecule has 1 heterocycles. The molecule has 0 aromatic carbocycles. The average Bonchev–Trinajstić information content (AvgIpc) is 2.99. The minimum atomic E-state index is -0.0267. The molecule has 2 fully saturated rings. The summed E-state index contributed by atoms with van der Waals surface area (Å²) < 4.78 is 10.7. The van der Waals surface area contributed by atoms with Crippen LogP contribution in [0.5, 0.6) is 0 Å². The van der Waals surface area contributed by atoms with E-state index in [4.69, 9.17) is 9.47 Å². The van der Waals surface area contributed by atoms with Crippen LogP contribution in [-0.4, -0.2) is 24.8 Å². The first-order valence-electron chi connectivity index (χ1n) is 6.10. The maximum Gasteiger partial charge on any atom is 0.309 e. The lowest BCUT2D eigenvalue weighted by molar-refractivity contribution is -0.150. The molecule has 86 valence electrons. The molecule has 1 aliphatic heterocycles. The van der Waals surface area contributed by atoms with E-state index in [2.05, 4.69) is 6.92 Å². The molecule has 4 atom stereocenters. The summed E-state index contributed by atoms with van der Waals surface area (Å²) in [6.45, 7) is 4.41. The SMILES string of the molecule is CCOC(=O)[C@@H](CC)[C@@H]1CCC[C@@H]2O[C@H]12. The van der Waals surface area contributed by atoms with Gasteiger partial charge in [0.2, 0.25) is 0 Å². The van der Waals surface area contributed by atoms with Gasteiger partial charge in [-0.15, -0.1) is 0 Å². The van der Waals surface area contributed by atoms with E-state index in [-0.39, 0.29) is 11.9 Å². The average molecular weight is 212 g/mol. The molecule has 0 unspecified atom stereocenters. The van der Waals surface area contributed by atoms with E-state index < -0.39 is 0 Å². The van der Waals surface area contributed by atoms with Gasteiger partial charge >= 0.3 is 5.97 Å². The van der Waals surface area contributed by atoms with Gasteiger partial charge in [0.1, 0.15) is 0 Å². The van der Waals surface area contributed by atoms with E-state index in [9.17, 15) is 4.79 Å². The van der Waals surface area contributed by atoms with Crippen molar-refractivity contribution >= 4 is 5.97 Å². The first-order valence-corrected chi connectivity index (χ1v) is 6.10. The largest absolute Gasteiger partial charge is 0.466 e. The van der Waals surface area contributed by atoms with Gasteiger partial charge in [0.25, 0.3) is 0 Å². The second-order valence-electron chi connectivity index (χ2n) is 4.50. The van der Waals surface area contributed by atoms with Crippen LogP contribution in [0.3, 0.4) is 0 Å². The number of ether oxygens (including phenoxy) is 2. The molecular formula is C12H20O3. The third-order valence-corrected chi connectivity index (χ3v) is 3.62. The molecule has 0 aromatic heterocycles. The Hall–Kier alpha value is -0.570. The Balaban J connectivity index is 1.96. The van der Waals surface area contributed by atoms with Crippen LogP contribution in [0.25, 0.3) is 0 Å². The van der Waals surface area contributed by atoms with E-state index in [1.807, 2.05) is 6.92 Å². The lowest BCUT2D eigenvalue weighted by Crippen LogP contribution is -2.31. The minimum Gasteiger partial charge on any atom is -0.466 e. The van der Waals surface area contributed by atoms with Crippen molar-refractivity contribution in [3.05, 3.63) is 0 Å². The number of carbonyl (C=O) groups excluding carboxylic acids is 1. The zero-order chi connectivity index (χ0) is 10.8. The van der Waals surface area contributed by atoms with E-state index in [0.29, 0.717) is 24.7 Å². The quantitative estimate of drug-likeness (QED) is 0.529. The molecule has 3 heteroatoms. The maximum atomic E-state index is 11.8. The van der Waals surface area contributed by atoms with Crippen LogP contribution in [0.15, 0.2) is 0 Å². The second-order valence-corrected chi connectivity index (χ2v) is 4.50. The molecule has 0 aromatic rings. The highest BCUT2D eigenvalue weighted by Gasteiger charge is 2.51. The Morgan fingerprint density at radius 3 is 2.93 bits per heavy atom. The molecule has 0 radical (unpaired) electrons. The van der Waals surface area contributed by atoms with Crippen molar-refractivity contribution in [2.45, 2.75) is 51.7 Å². The lowest BCUT2D eigenvalue weighted by Gasteiger charge is -2.25. The van der Waals surface area contributed by atoms with Crippen LogP contribution < -0.4 is 0 Å². The molecule has 0 N–H and O–H groups in total. The molecule has 0 bridgehead atoms. The molecule has 2 aliphatic rings. The van der Waals surface area contributed by atoms with E-state index >= 15 is 0 Å². The van der Waals surface area contributed by atoms with Crippen LogP contribution in [0.1, 0.15) is 39.5 Å². The Bertz CT molecular complexity index is 239. The predicted octanol–water partition coefficient (Wildman–Crippen LogP) is 2.14. The van der Waals surface area contributed by atoms with Crippen molar-refractivity contribution in [1.29, 1.82) is 0 Å². The van der Waals surface area contributed by atoms with Gasteiger partial charge in [0.05, 0.1) is 24.7 Å². The first kappa shape index (κ1) is 10.9. The number of esters is 1. The van der Waals surface area contributed by atoms with Gasteiger partial charge in [0.15, 0.2) is 0 Å². The van der Waals surface area contributed by atoms with Gasteiger partial charge in [-0.3, -0.25) is 4.79 Å². The van der Waals surface area contributed by atoms with Crippen LogP contribution in [0.2, 0.25) is 0 Å². The first-order chi connectivity index (χ1) is 7.27. The number of epoxide rings is 1. The van der Waals surface area contributed by atoms with Crippen LogP contribution in [0.4, 0.5) is 0 Å². The van der Waals surface area contributed by atoms with Crippen molar-refractivity contribution in [2.24, 2.45) is 11.8 Å². The monoisotopic (exact) mass is 212 g/mol. The topological polar surface area (TPSA) is 38.8 Å². The molecule has 1 aliphatic carbocycles. The summed E-state index contributed by atoms with van der Waals surface area (Å²) in [6.07, 6.45) is 5.18. The number of hydrogen-bond donors (Lipinski definition) is 0. The molecule has 0 spiro atoms. The fourth-order valence-corrected chi connectivity index (χ4v) is 2.81. The number of rotatable bonds is 4. The highest BCUT2D eigenvalue weighted by atomic mass is 16.6. The van der Waals surface area contributed by atoms with Crippen molar-refractivity contribution < 1.29 is 14.3 Å². The Morgan fingerprint density at radius 1 is 1.47 bits per heavy atom. The predicted molar refractivity (Wildman–Crippen MR) is 56.4 cm³/mol. The Labute approximate surface area is 91.1 Å². The zero-order valence-corrected chi connectivity index (χ0v) is 9.57. The fourth-order valence-electron chi connectivity index (χ4n) is 2.81. The van der Waals surface area contributed by atoms with E-state index in [1.54, 1.807) is 0 Å². The summed E-state index contributed by atoms with van der Waals surface area (Å²) in [5.74, 6) is 0.439. The van der Waals surface area contributed by atoms with Gasteiger partial charge in [-0.1, -0.05) is 13.3 Å². The van der Waals surface area contributed by atoms with Gasteiger partial charge in [-0.2, -0.15) is 0 Å². The minimum absolute atomic E-state index is 0.0267. The van der Waals surface area contributed by atoms with Crippen molar-refractivity contribution in [3.63, 3.8) is 0 Å². The summed E-state index contributed by atoms with van der Waals surface area (Å²) in [6, 6.07) is 0. The van der Waals surface area contributed by atoms with Crippen LogP contribution >= 0.6 is 0 Å². The van der Waals surface area contributed by atoms with Crippen LogP contribution in [0, 0.1) is 11.8 Å². The summed E-state index contributed by atoms with van der Waals surface area (Å²) in [4.78, 5) is 11.8. The smallest absolute Gasteiger partial charge is 0.309 e. The highest BCUT2D eigenvalue weighted by Crippen LogP contribution is 2.45. The summed E-state index contributed by atoms with van der Waals surface area (Å²) in [7, 11) is 0. The van der Waals surface area contributed by atoms with Crippen LogP contribution in [-0.2, 0) is 14.3 Å². The number of hydrogen-bond acceptors (Lipinski definition) is 3. The highest BCUT2D eigenvalue weighted by molar-refractivity contribution is 5.72. The van der Waals surface area contributed by atoms with Gasteiger partial charge in [-0.25, -0.2) is 0 Å². The summed E-state index contributed by atoms with van der Waals surface area (Å²) >= 11 is 0. The lowest BCUT2D eigenvalue weighted by atomic mass is 9.79. The van der Waals surface area contributed by atoms with E-state index in [1.165, 1.54) is 12.8 Å². The number of fused-ring (bicyclic) bond motifs is 1. The van der Waals surface area contributed by atoms with Crippen molar-refractivity contribution in [1.82, 2.24) is 0 Å². The fraction of sp³-hybridized carbons (Fsp3) is 0.917. The third kappa shape index (κ3) is 2.17. The molecule has 2 rings (SSSR count). The van der Waals surface area contributed by atoms with E-state index in [0.717, 1.165) is 12.8 Å². The normalized spacial score (nSPS) is 35.5. The van der Waals surface area contributed by atoms with Crippen molar-refractivity contribution in [3.8, 4) is 0 Å². The van der Waals surface area contributed by atoms with Gasteiger partial charge in [-0.05, 0) is 26.2 Å². The second kappa shape index (κ2) is 4.52. The molecule has 1 saturated heterocycles. The molecule has 1 saturated carbocycles. The molecule has 3 nitrogen and oxygen atoms in total. The van der Waals surface area contributed by atoms with Gasteiger partial charge < -0.3 is 9.47 Å².